The molecular formula is C19H21ClFN3O2. The maximum absolute atomic E-state index is 12.9. The first kappa shape index (κ1) is 19.7. The highest BCUT2D eigenvalue weighted by molar-refractivity contribution is 6.30. The van der Waals surface area contributed by atoms with Gasteiger partial charge in [0.1, 0.15) is 12.4 Å². The summed E-state index contributed by atoms with van der Waals surface area (Å²) in [5, 5.41) is 6.13. The molecule has 0 saturated heterocycles. The molecule has 2 aromatic carbocycles. The molecule has 0 aliphatic heterocycles. The van der Waals surface area contributed by atoms with Gasteiger partial charge in [-0.25, -0.2) is 9.18 Å². The van der Waals surface area contributed by atoms with Crippen molar-refractivity contribution in [1.29, 1.82) is 0 Å². The Kier molecular flexibility index (Phi) is 7.41. The zero-order valence-electron chi connectivity index (χ0n) is 14.5. The van der Waals surface area contributed by atoms with E-state index in [1.54, 1.807) is 31.2 Å². The molecule has 0 bridgehead atoms. The molecule has 0 heterocycles. The third-order valence-electron chi connectivity index (χ3n) is 3.76. The molecule has 138 valence electrons. The van der Waals surface area contributed by atoms with Gasteiger partial charge >= 0.3 is 6.03 Å². The van der Waals surface area contributed by atoms with Crippen LogP contribution >= 0.6 is 11.6 Å². The Labute approximate surface area is 157 Å². The van der Waals surface area contributed by atoms with Gasteiger partial charge in [-0.1, -0.05) is 35.9 Å². The number of likely N-dealkylation sites (N-methyl/N-ethyl adjacent to an activating group) is 1. The molecule has 0 saturated carbocycles. The molecule has 0 aromatic heterocycles. The van der Waals surface area contributed by atoms with Gasteiger partial charge in [-0.2, -0.15) is 0 Å². The summed E-state index contributed by atoms with van der Waals surface area (Å²) in [6.45, 7) is 2.78. The lowest BCUT2D eigenvalue weighted by Crippen LogP contribution is -2.45. The fraction of sp³-hybridized carbons (Fsp3) is 0.263. The number of nitrogens with zero attached hydrogens (tertiary/aromatic N) is 1. The summed E-state index contributed by atoms with van der Waals surface area (Å²) in [5.41, 5.74) is 1.70. The van der Waals surface area contributed by atoms with Crippen LogP contribution in [-0.2, 0) is 17.9 Å². The largest absolute Gasteiger partial charge is 0.350 e. The predicted molar refractivity (Wildman–Crippen MR) is 99.2 cm³/mol. The summed E-state index contributed by atoms with van der Waals surface area (Å²) in [4.78, 5) is 25.7. The smallest absolute Gasteiger partial charge is 0.318 e. The SMILES string of the molecule is CCN(CC(=O)NCc1ccc(Cl)cc1)C(=O)NCc1ccc(F)cc1. The third kappa shape index (κ3) is 6.37. The van der Waals surface area contributed by atoms with Crippen molar-refractivity contribution in [3.8, 4) is 0 Å². The van der Waals surface area contributed by atoms with E-state index in [0.29, 0.717) is 18.1 Å². The second-order valence-electron chi connectivity index (χ2n) is 5.70. The summed E-state index contributed by atoms with van der Waals surface area (Å²) in [5.74, 6) is -0.577. The van der Waals surface area contributed by atoms with Crippen molar-refractivity contribution in [2.24, 2.45) is 0 Å². The Morgan fingerprint density at radius 1 is 0.962 bits per heavy atom. The molecule has 5 nitrogen and oxygen atoms in total. The van der Waals surface area contributed by atoms with Gasteiger partial charge in [0.25, 0.3) is 0 Å². The summed E-state index contributed by atoms with van der Waals surface area (Å²) >= 11 is 5.82. The van der Waals surface area contributed by atoms with Crippen molar-refractivity contribution in [1.82, 2.24) is 15.5 Å². The third-order valence-corrected chi connectivity index (χ3v) is 4.02. The molecule has 26 heavy (non-hydrogen) atoms. The predicted octanol–water partition coefficient (Wildman–Crippen LogP) is 3.33. The van der Waals surface area contributed by atoms with E-state index in [2.05, 4.69) is 10.6 Å². The van der Waals surface area contributed by atoms with Crippen molar-refractivity contribution in [2.75, 3.05) is 13.1 Å². The first-order valence-corrected chi connectivity index (χ1v) is 8.64. The molecule has 0 aliphatic rings. The molecule has 7 heteroatoms. The molecule has 0 atom stereocenters. The number of carbonyl (C=O) groups is 2. The monoisotopic (exact) mass is 377 g/mol. The maximum atomic E-state index is 12.9. The molecular weight excluding hydrogens is 357 g/mol. The second-order valence-corrected chi connectivity index (χ2v) is 6.14. The van der Waals surface area contributed by atoms with Crippen molar-refractivity contribution >= 4 is 23.5 Å². The number of hydrogen-bond donors (Lipinski definition) is 2. The Balaban J connectivity index is 1.78. The number of amides is 3. The van der Waals surface area contributed by atoms with Crippen LogP contribution in [0.15, 0.2) is 48.5 Å². The molecule has 0 aliphatic carbocycles. The lowest BCUT2D eigenvalue weighted by molar-refractivity contribution is -0.121. The van der Waals surface area contributed by atoms with E-state index < -0.39 is 0 Å². The highest BCUT2D eigenvalue weighted by Gasteiger charge is 2.15. The van der Waals surface area contributed by atoms with E-state index >= 15 is 0 Å². The van der Waals surface area contributed by atoms with Gasteiger partial charge in [-0.15, -0.1) is 0 Å². The van der Waals surface area contributed by atoms with Crippen LogP contribution in [0.1, 0.15) is 18.1 Å². The van der Waals surface area contributed by atoms with Gasteiger partial charge in [-0.3, -0.25) is 4.79 Å². The molecule has 2 aromatic rings. The first-order chi connectivity index (χ1) is 12.5. The number of rotatable bonds is 7. The van der Waals surface area contributed by atoms with E-state index in [4.69, 9.17) is 11.6 Å². The highest BCUT2D eigenvalue weighted by atomic mass is 35.5. The Bertz CT molecular complexity index is 735. The molecule has 2 N–H and O–H groups in total. The fourth-order valence-electron chi connectivity index (χ4n) is 2.25. The summed E-state index contributed by atoms with van der Waals surface area (Å²) in [7, 11) is 0. The van der Waals surface area contributed by atoms with Crippen molar-refractivity contribution in [2.45, 2.75) is 20.0 Å². The van der Waals surface area contributed by atoms with Crippen LogP contribution < -0.4 is 10.6 Å². The number of nitrogens with one attached hydrogen (secondary N) is 2. The lowest BCUT2D eigenvalue weighted by atomic mass is 10.2. The molecule has 0 fully saturated rings. The van der Waals surface area contributed by atoms with Crippen LogP contribution in [0, 0.1) is 5.82 Å². The average Bonchev–Trinajstić information content (AvgIpc) is 2.65. The van der Waals surface area contributed by atoms with E-state index in [0.717, 1.165) is 11.1 Å². The van der Waals surface area contributed by atoms with Crippen molar-refractivity contribution in [3.63, 3.8) is 0 Å². The van der Waals surface area contributed by atoms with Crippen LogP contribution in [0.5, 0.6) is 0 Å². The van der Waals surface area contributed by atoms with E-state index in [9.17, 15) is 14.0 Å². The summed E-state index contributed by atoms with van der Waals surface area (Å²) in [6, 6.07) is 12.7. The molecule has 3 amide bonds. The molecule has 0 unspecified atom stereocenters. The number of hydrogen-bond acceptors (Lipinski definition) is 2. The van der Waals surface area contributed by atoms with Crippen LogP contribution in [-0.4, -0.2) is 29.9 Å². The lowest BCUT2D eigenvalue weighted by Gasteiger charge is -2.21. The minimum absolute atomic E-state index is 0.0423. The summed E-state index contributed by atoms with van der Waals surface area (Å²) in [6.07, 6.45) is 0. The normalized spacial score (nSPS) is 10.3. The molecule has 0 spiro atoms. The second kappa shape index (κ2) is 9.77. The van der Waals surface area contributed by atoms with Crippen LogP contribution in [0.4, 0.5) is 9.18 Å². The Hall–Kier alpha value is -2.60. The summed E-state index contributed by atoms with van der Waals surface area (Å²) < 4.78 is 12.9. The fourth-order valence-corrected chi connectivity index (χ4v) is 2.38. The topological polar surface area (TPSA) is 61.4 Å². The van der Waals surface area contributed by atoms with E-state index in [1.807, 2.05) is 12.1 Å². The maximum Gasteiger partial charge on any atom is 0.318 e. The average molecular weight is 378 g/mol. The minimum atomic E-state index is -0.349. The van der Waals surface area contributed by atoms with Crippen LogP contribution in [0.3, 0.4) is 0 Å². The van der Waals surface area contributed by atoms with Gasteiger partial charge in [0.05, 0.1) is 0 Å². The highest BCUT2D eigenvalue weighted by Crippen LogP contribution is 2.09. The standard InChI is InChI=1S/C19H21ClFN3O2/c1-2-24(19(26)23-12-15-5-9-17(21)10-6-15)13-18(25)22-11-14-3-7-16(20)8-4-14/h3-10H,2,11-13H2,1H3,(H,22,25)(H,23,26). The van der Waals surface area contributed by atoms with E-state index in [1.165, 1.54) is 17.0 Å². The van der Waals surface area contributed by atoms with Crippen LogP contribution in [0.25, 0.3) is 0 Å². The molecule has 2 rings (SSSR count). The first-order valence-electron chi connectivity index (χ1n) is 8.26. The number of carbonyl (C=O) groups excluding carboxylic acids is 2. The zero-order chi connectivity index (χ0) is 18.9. The number of halogens is 2. The van der Waals surface area contributed by atoms with Gasteiger partial charge in [0.2, 0.25) is 5.91 Å². The van der Waals surface area contributed by atoms with Gasteiger partial charge in [0, 0.05) is 24.7 Å². The van der Waals surface area contributed by atoms with Crippen LogP contribution in [0.2, 0.25) is 5.02 Å². The van der Waals surface area contributed by atoms with Gasteiger partial charge < -0.3 is 15.5 Å². The van der Waals surface area contributed by atoms with Crippen molar-refractivity contribution < 1.29 is 14.0 Å². The zero-order valence-corrected chi connectivity index (χ0v) is 15.2. The Morgan fingerprint density at radius 2 is 1.50 bits per heavy atom. The number of benzene rings is 2. The van der Waals surface area contributed by atoms with Crippen molar-refractivity contribution in [3.05, 3.63) is 70.5 Å². The molecule has 0 radical (unpaired) electrons. The van der Waals surface area contributed by atoms with Gasteiger partial charge in [0.15, 0.2) is 0 Å². The minimum Gasteiger partial charge on any atom is -0.350 e. The van der Waals surface area contributed by atoms with E-state index in [-0.39, 0.29) is 30.8 Å². The quantitative estimate of drug-likeness (QED) is 0.777. The number of urea groups is 1. The Morgan fingerprint density at radius 3 is 2.08 bits per heavy atom. The van der Waals surface area contributed by atoms with Gasteiger partial charge in [-0.05, 0) is 42.3 Å².